The number of carbonyl (C=O) groups excluding carboxylic acids is 1. The lowest BCUT2D eigenvalue weighted by Crippen LogP contribution is -2.23. The van der Waals surface area contributed by atoms with Crippen molar-refractivity contribution < 1.29 is 9.53 Å². The van der Waals surface area contributed by atoms with Crippen LogP contribution in [0.15, 0.2) is 89.8 Å². The Morgan fingerprint density at radius 3 is 2.64 bits per heavy atom. The lowest BCUT2D eigenvalue weighted by atomic mass is 10.1. The monoisotopic (exact) mass is 454 g/mol. The molecule has 33 heavy (non-hydrogen) atoms. The van der Waals surface area contributed by atoms with Gasteiger partial charge in [-0.05, 0) is 60.0 Å². The van der Waals surface area contributed by atoms with Crippen LogP contribution in [0.3, 0.4) is 0 Å². The van der Waals surface area contributed by atoms with Crippen molar-refractivity contribution in [1.82, 2.24) is 5.32 Å². The van der Waals surface area contributed by atoms with E-state index in [0.717, 1.165) is 35.7 Å². The first-order chi connectivity index (χ1) is 16.2. The van der Waals surface area contributed by atoms with Gasteiger partial charge >= 0.3 is 0 Å². The van der Waals surface area contributed by atoms with Gasteiger partial charge in [0.2, 0.25) is 0 Å². The lowest BCUT2D eigenvalue weighted by molar-refractivity contribution is 0.0950. The molecule has 1 amide bonds. The van der Waals surface area contributed by atoms with Gasteiger partial charge in [-0.1, -0.05) is 48.5 Å². The Balaban J connectivity index is 1.40. The van der Waals surface area contributed by atoms with Crippen molar-refractivity contribution in [2.24, 2.45) is 0 Å². The van der Waals surface area contributed by atoms with Gasteiger partial charge in [0.05, 0.1) is 12.3 Å². The fraction of sp³-hybridized carbons (Fsp3) is 0.179. The van der Waals surface area contributed by atoms with Crippen LogP contribution in [0.25, 0.3) is 10.8 Å². The zero-order valence-corrected chi connectivity index (χ0v) is 19.4. The molecule has 4 aromatic carbocycles. The van der Waals surface area contributed by atoms with E-state index in [-0.39, 0.29) is 5.91 Å². The minimum Gasteiger partial charge on any atom is -0.491 e. The van der Waals surface area contributed by atoms with Crippen molar-refractivity contribution in [1.29, 1.82) is 0 Å². The van der Waals surface area contributed by atoms with Gasteiger partial charge in [-0.2, -0.15) is 0 Å². The molecule has 0 bridgehead atoms. The Hall–Kier alpha value is -3.44. The number of carbonyl (C=O) groups is 1. The molecule has 1 aliphatic rings. The second-order valence-electron chi connectivity index (χ2n) is 8.07. The van der Waals surface area contributed by atoms with Crippen molar-refractivity contribution in [3.8, 4) is 5.75 Å². The van der Waals surface area contributed by atoms with E-state index in [1.54, 1.807) is 11.8 Å². The van der Waals surface area contributed by atoms with Gasteiger partial charge in [-0.3, -0.25) is 4.79 Å². The summed E-state index contributed by atoms with van der Waals surface area (Å²) in [6, 6.07) is 28.8. The topological polar surface area (TPSA) is 41.6 Å². The first-order valence-electron chi connectivity index (χ1n) is 11.2. The van der Waals surface area contributed by atoms with E-state index in [0.29, 0.717) is 18.7 Å². The maximum absolute atomic E-state index is 12.9. The van der Waals surface area contributed by atoms with Crippen LogP contribution in [0.1, 0.15) is 22.3 Å². The zero-order chi connectivity index (χ0) is 22.6. The summed E-state index contributed by atoms with van der Waals surface area (Å²) in [5, 5.41) is 5.45. The zero-order valence-electron chi connectivity index (χ0n) is 18.6. The van der Waals surface area contributed by atoms with Crippen LogP contribution in [0.5, 0.6) is 5.75 Å². The Bertz CT molecular complexity index is 1280. The number of rotatable bonds is 5. The van der Waals surface area contributed by atoms with Crippen LogP contribution in [0.2, 0.25) is 0 Å². The number of anilines is 2. The fourth-order valence-electron chi connectivity index (χ4n) is 4.24. The molecule has 0 atom stereocenters. The first kappa shape index (κ1) is 21.4. The van der Waals surface area contributed by atoms with Crippen LogP contribution in [0, 0.1) is 0 Å². The minimum atomic E-state index is -0.101. The average molecular weight is 455 g/mol. The SMILES string of the molecule is CSc1ccc(CNC(=O)c2ccc3c(c2)OCCCN3c2cccc3ccccc23)cc1. The summed E-state index contributed by atoms with van der Waals surface area (Å²) in [6.07, 6.45) is 2.96. The molecular weight excluding hydrogens is 428 g/mol. The van der Waals surface area contributed by atoms with Crippen molar-refractivity contribution in [2.45, 2.75) is 17.9 Å². The predicted octanol–water partition coefficient (Wildman–Crippen LogP) is 6.41. The maximum Gasteiger partial charge on any atom is 0.251 e. The second kappa shape index (κ2) is 9.59. The van der Waals surface area contributed by atoms with Crippen LogP contribution in [0.4, 0.5) is 11.4 Å². The molecule has 5 rings (SSSR count). The molecule has 1 N–H and O–H groups in total. The summed E-state index contributed by atoms with van der Waals surface area (Å²) in [7, 11) is 0. The fourth-order valence-corrected chi connectivity index (χ4v) is 4.65. The molecule has 0 fully saturated rings. The third kappa shape index (κ3) is 4.55. The molecule has 1 heterocycles. The van der Waals surface area contributed by atoms with E-state index >= 15 is 0 Å². The molecule has 0 unspecified atom stereocenters. The number of amides is 1. The Morgan fingerprint density at radius 1 is 0.970 bits per heavy atom. The van der Waals surface area contributed by atoms with Crippen molar-refractivity contribution in [3.63, 3.8) is 0 Å². The molecule has 1 aliphatic heterocycles. The number of nitrogens with zero attached hydrogens (tertiary/aromatic N) is 1. The first-order valence-corrected chi connectivity index (χ1v) is 12.4. The third-order valence-electron chi connectivity index (χ3n) is 5.97. The quantitative estimate of drug-likeness (QED) is 0.354. The van der Waals surface area contributed by atoms with E-state index in [1.807, 2.05) is 30.3 Å². The highest BCUT2D eigenvalue weighted by Crippen LogP contribution is 2.39. The number of nitrogens with one attached hydrogen (secondary N) is 1. The molecule has 5 heteroatoms. The van der Waals surface area contributed by atoms with E-state index < -0.39 is 0 Å². The molecule has 0 spiro atoms. The van der Waals surface area contributed by atoms with Crippen molar-refractivity contribution in [3.05, 3.63) is 96.1 Å². The van der Waals surface area contributed by atoms with Gasteiger partial charge in [0.1, 0.15) is 5.75 Å². The number of benzene rings is 4. The molecule has 0 saturated heterocycles. The molecule has 4 nitrogen and oxygen atoms in total. The lowest BCUT2D eigenvalue weighted by Gasteiger charge is -2.25. The predicted molar refractivity (Wildman–Crippen MR) is 137 cm³/mol. The average Bonchev–Trinajstić information content (AvgIpc) is 3.09. The number of hydrogen-bond donors (Lipinski definition) is 1. The third-order valence-corrected chi connectivity index (χ3v) is 6.71. The second-order valence-corrected chi connectivity index (χ2v) is 8.94. The van der Waals surface area contributed by atoms with Gasteiger partial charge < -0.3 is 15.0 Å². The van der Waals surface area contributed by atoms with Crippen LogP contribution in [-0.4, -0.2) is 25.3 Å². The Labute approximate surface area is 198 Å². The Morgan fingerprint density at radius 2 is 1.79 bits per heavy atom. The van der Waals surface area contributed by atoms with Crippen molar-refractivity contribution in [2.75, 3.05) is 24.3 Å². The minimum absolute atomic E-state index is 0.101. The highest BCUT2D eigenvalue weighted by molar-refractivity contribution is 7.98. The van der Waals surface area contributed by atoms with Gasteiger partial charge in [-0.25, -0.2) is 0 Å². The summed E-state index contributed by atoms with van der Waals surface area (Å²) >= 11 is 1.71. The summed E-state index contributed by atoms with van der Waals surface area (Å²) in [5.74, 6) is 0.647. The number of fused-ring (bicyclic) bond motifs is 2. The molecule has 0 radical (unpaired) electrons. The van der Waals surface area contributed by atoms with Crippen LogP contribution < -0.4 is 15.0 Å². The smallest absolute Gasteiger partial charge is 0.251 e. The van der Waals surface area contributed by atoms with Gasteiger partial charge in [0.25, 0.3) is 5.91 Å². The van der Waals surface area contributed by atoms with E-state index in [4.69, 9.17) is 4.74 Å². The normalized spacial score (nSPS) is 13.2. The summed E-state index contributed by atoms with van der Waals surface area (Å²) in [4.78, 5) is 16.4. The highest BCUT2D eigenvalue weighted by Gasteiger charge is 2.21. The van der Waals surface area contributed by atoms with E-state index in [1.165, 1.54) is 15.7 Å². The largest absolute Gasteiger partial charge is 0.491 e. The van der Waals surface area contributed by atoms with Crippen molar-refractivity contribution >= 4 is 39.8 Å². The summed E-state index contributed by atoms with van der Waals surface area (Å²) < 4.78 is 6.07. The molecule has 0 aliphatic carbocycles. The standard InChI is InChI=1S/C28H26N2O2S/c1-33-23-13-10-20(11-14-23)19-29-28(31)22-12-15-26-27(18-22)32-17-5-16-30(26)25-9-4-7-21-6-2-3-8-24(21)25/h2-4,6-15,18H,5,16-17,19H2,1H3,(H,29,31). The molecule has 0 aromatic heterocycles. The summed E-state index contributed by atoms with van der Waals surface area (Å²) in [5.41, 5.74) is 3.84. The van der Waals surface area contributed by atoms with E-state index in [9.17, 15) is 4.79 Å². The summed E-state index contributed by atoms with van der Waals surface area (Å²) in [6.45, 7) is 1.98. The Kier molecular flexibility index (Phi) is 6.22. The maximum atomic E-state index is 12.9. The van der Waals surface area contributed by atoms with Gasteiger partial charge in [0.15, 0.2) is 0 Å². The molecular formula is C28H26N2O2S. The number of hydrogen-bond acceptors (Lipinski definition) is 4. The van der Waals surface area contributed by atoms with Gasteiger partial charge in [-0.15, -0.1) is 11.8 Å². The number of ether oxygens (including phenoxy) is 1. The van der Waals surface area contributed by atoms with Crippen LogP contribution >= 0.6 is 11.8 Å². The van der Waals surface area contributed by atoms with Crippen LogP contribution in [-0.2, 0) is 6.54 Å². The molecule has 4 aromatic rings. The highest BCUT2D eigenvalue weighted by atomic mass is 32.2. The molecule has 166 valence electrons. The molecule has 0 saturated carbocycles. The number of thioether (sulfide) groups is 1. The van der Waals surface area contributed by atoms with E-state index in [2.05, 4.69) is 71.1 Å². The van der Waals surface area contributed by atoms with Gasteiger partial charge in [0, 0.05) is 34.6 Å².